The molecule has 0 heterocycles. The van der Waals surface area contributed by atoms with Crippen molar-refractivity contribution in [2.45, 2.75) is 4.90 Å². The van der Waals surface area contributed by atoms with E-state index in [9.17, 15) is 33.4 Å². The molecule has 0 aliphatic rings. The Bertz CT molecular complexity index is 1200. The first-order valence-electron chi connectivity index (χ1n) is 8.35. The molecule has 3 aromatic carbocycles. The van der Waals surface area contributed by atoms with Gasteiger partial charge in [0.15, 0.2) is 0 Å². The molecule has 0 N–H and O–H groups in total. The van der Waals surface area contributed by atoms with Crippen molar-refractivity contribution in [3.63, 3.8) is 0 Å². The maximum Gasteiger partial charge on any atom is 0.277 e. The number of rotatable bonds is 6. The van der Waals surface area contributed by atoms with Crippen LogP contribution in [0.25, 0.3) is 0 Å². The Morgan fingerprint density at radius 1 is 0.767 bits per heavy atom. The smallest absolute Gasteiger partial charge is 0.268 e. The van der Waals surface area contributed by atoms with Gasteiger partial charge in [-0.1, -0.05) is 36.4 Å². The molecule has 10 nitrogen and oxygen atoms in total. The number of benzene rings is 3. The number of nitro groups is 2. The highest BCUT2D eigenvalue weighted by molar-refractivity contribution is 7.93. The van der Waals surface area contributed by atoms with Crippen LogP contribution in [0.2, 0.25) is 0 Å². The lowest BCUT2D eigenvalue weighted by molar-refractivity contribution is -0.394. The Morgan fingerprint density at radius 2 is 1.23 bits per heavy atom. The Hall–Kier alpha value is -4.12. The monoisotopic (exact) mass is 427 g/mol. The number of sulfonamides is 1. The first-order valence-corrected chi connectivity index (χ1v) is 9.79. The van der Waals surface area contributed by atoms with E-state index in [2.05, 4.69) is 0 Å². The van der Waals surface area contributed by atoms with Crippen molar-refractivity contribution in [2.24, 2.45) is 0 Å². The molecule has 0 fully saturated rings. The quantitative estimate of drug-likeness (QED) is 0.433. The Balaban J connectivity index is 2.22. The third kappa shape index (κ3) is 4.00. The summed E-state index contributed by atoms with van der Waals surface area (Å²) >= 11 is 0. The molecule has 3 rings (SSSR count). The summed E-state index contributed by atoms with van der Waals surface area (Å²) in [4.78, 5) is 33.5. The summed E-state index contributed by atoms with van der Waals surface area (Å²) in [6, 6.07) is 16.7. The number of anilines is 1. The molecule has 0 unspecified atom stereocenters. The number of nitro benzene ring substituents is 2. The highest BCUT2D eigenvalue weighted by Crippen LogP contribution is 2.29. The van der Waals surface area contributed by atoms with Gasteiger partial charge in [0.25, 0.3) is 27.3 Å². The number of carbonyl (C=O) groups is 1. The molecule has 30 heavy (non-hydrogen) atoms. The first-order chi connectivity index (χ1) is 14.2. The van der Waals surface area contributed by atoms with Crippen molar-refractivity contribution >= 4 is 33.0 Å². The first kappa shape index (κ1) is 20.6. The fraction of sp³-hybridized carbons (Fsp3) is 0. The summed E-state index contributed by atoms with van der Waals surface area (Å²) in [7, 11) is -4.42. The normalized spacial score (nSPS) is 10.9. The van der Waals surface area contributed by atoms with Crippen molar-refractivity contribution in [2.75, 3.05) is 4.31 Å². The van der Waals surface area contributed by atoms with Crippen LogP contribution in [0.3, 0.4) is 0 Å². The van der Waals surface area contributed by atoms with E-state index in [0.29, 0.717) is 10.4 Å². The predicted molar refractivity (Wildman–Crippen MR) is 107 cm³/mol. The van der Waals surface area contributed by atoms with Gasteiger partial charge < -0.3 is 0 Å². The van der Waals surface area contributed by atoms with Crippen LogP contribution in [0.1, 0.15) is 10.4 Å². The van der Waals surface area contributed by atoms with E-state index in [1.165, 1.54) is 48.5 Å². The molecule has 0 atom stereocenters. The lowest BCUT2D eigenvalue weighted by Gasteiger charge is -2.22. The number of amides is 1. The lowest BCUT2D eigenvalue weighted by atomic mass is 10.1. The highest BCUT2D eigenvalue weighted by Gasteiger charge is 2.33. The van der Waals surface area contributed by atoms with Crippen molar-refractivity contribution in [3.05, 3.63) is 105 Å². The molecular formula is C19H13N3O7S. The zero-order valence-corrected chi connectivity index (χ0v) is 15.9. The van der Waals surface area contributed by atoms with Gasteiger partial charge in [-0.25, -0.2) is 8.42 Å². The van der Waals surface area contributed by atoms with Crippen molar-refractivity contribution in [1.82, 2.24) is 0 Å². The zero-order chi connectivity index (χ0) is 21.9. The standard InChI is InChI=1S/C19H13N3O7S/c23-19(14-11-16(21(24)25)13-17(12-14)22(26)27)20(15-7-3-1-4-8-15)30(28,29)18-9-5-2-6-10-18/h1-13H. The van der Waals surface area contributed by atoms with Gasteiger partial charge >= 0.3 is 0 Å². The summed E-state index contributed by atoms with van der Waals surface area (Å²) in [6.07, 6.45) is 0. The average molecular weight is 427 g/mol. The molecule has 0 saturated heterocycles. The third-order valence-corrected chi connectivity index (χ3v) is 5.75. The van der Waals surface area contributed by atoms with Crippen LogP contribution in [0.4, 0.5) is 17.1 Å². The Kier molecular flexibility index (Phi) is 5.56. The minimum atomic E-state index is -4.42. The molecule has 0 aliphatic heterocycles. The van der Waals surface area contributed by atoms with Crippen molar-refractivity contribution in [3.8, 4) is 0 Å². The van der Waals surface area contributed by atoms with Crippen LogP contribution < -0.4 is 4.31 Å². The predicted octanol–water partition coefficient (Wildman–Crippen LogP) is 3.54. The van der Waals surface area contributed by atoms with Gasteiger partial charge in [-0.05, 0) is 24.3 Å². The third-order valence-electron chi connectivity index (χ3n) is 4.03. The molecule has 0 bridgehead atoms. The Morgan fingerprint density at radius 3 is 1.70 bits per heavy atom. The molecule has 152 valence electrons. The van der Waals surface area contributed by atoms with Gasteiger partial charge in [0.2, 0.25) is 0 Å². The van der Waals surface area contributed by atoms with Crippen molar-refractivity contribution in [1.29, 1.82) is 0 Å². The van der Waals surface area contributed by atoms with E-state index in [1.54, 1.807) is 12.1 Å². The van der Waals surface area contributed by atoms with E-state index in [1.807, 2.05) is 0 Å². The second-order valence-electron chi connectivity index (χ2n) is 5.98. The van der Waals surface area contributed by atoms with Gasteiger partial charge in [0.05, 0.1) is 32.1 Å². The van der Waals surface area contributed by atoms with Gasteiger partial charge in [0.1, 0.15) is 0 Å². The van der Waals surface area contributed by atoms with E-state index in [4.69, 9.17) is 0 Å². The number of hydrogen-bond donors (Lipinski definition) is 0. The summed E-state index contributed by atoms with van der Waals surface area (Å²) in [5.74, 6) is -1.17. The molecule has 0 radical (unpaired) electrons. The van der Waals surface area contributed by atoms with Crippen molar-refractivity contribution < 1.29 is 23.1 Å². The van der Waals surface area contributed by atoms with Crippen LogP contribution in [0.15, 0.2) is 83.8 Å². The number of non-ortho nitro benzene ring substituents is 2. The maximum absolute atomic E-state index is 13.2. The fourth-order valence-corrected chi connectivity index (χ4v) is 4.11. The zero-order valence-electron chi connectivity index (χ0n) is 15.1. The molecule has 1 amide bonds. The average Bonchev–Trinajstić information content (AvgIpc) is 2.74. The minimum absolute atomic E-state index is 0.0273. The van der Waals surface area contributed by atoms with Gasteiger partial charge in [0, 0.05) is 12.1 Å². The van der Waals surface area contributed by atoms with Gasteiger partial charge in [-0.2, -0.15) is 4.31 Å². The van der Waals surface area contributed by atoms with Crippen LogP contribution in [-0.4, -0.2) is 24.2 Å². The second-order valence-corrected chi connectivity index (χ2v) is 7.76. The summed E-state index contributed by atoms with van der Waals surface area (Å²) in [5, 5.41) is 22.3. The van der Waals surface area contributed by atoms with Crippen LogP contribution in [0, 0.1) is 20.2 Å². The highest BCUT2D eigenvalue weighted by atomic mass is 32.2. The molecule has 3 aromatic rings. The minimum Gasteiger partial charge on any atom is -0.268 e. The van der Waals surface area contributed by atoms with Gasteiger partial charge in [-0.15, -0.1) is 0 Å². The van der Waals surface area contributed by atoms with E-state index in [0.717, 1.165) is 12.1 Å². The van der Waals surface area contributed by atoms with E-state index in [-0.39, 0.29) is 10.6 Å². The Labute approximate surface area is 170 Å². The number of carbonyl (C=O) groups excluding carboxylic acids is 1. The second kappa shape index (κ2) is 8.09. The molecule has 11 heteroatoms. The van der Waals surface area contributed by atoms with E-state index >= 15 is 0 Å². The molecule has 0 aliphatic carbocycles. The topological polar surface area (TPSA) is 141 Å². The number of nitrogens with zero attached hydrogens (tertiary/aromatic N) is 3. The fourth-order valence-electron chi connectivity index (χ4n) is 2.67. The molecular weight excluding hydrogens is 414 g/mol. The summed E-state index contributed by atoms with van der Waals surface area (Å²) in [6.45, 7) is 0. The largest absolute Gasteiger partial charge is 0.277 e. The van der Waals surface area contributed by atoms with Crippen LogP contribution >= 0.6 is 0 Å². The summed E-state index contributed by atoms with van der Waals surface area (Å²) in [5.41, 5.74) is -1.96. The SMILES string of the molecule is O=C(c1cc([N+](=O)[O-])cc([N+](=O)[O-])c1)N(c1ccccc1)S(=O)(=O)c1ccccc1. The molecule has 0 aromatic heterocycles. The van der Waals surface area contributed by atoms with Crippen LogP contribution in [-0.2, 0) is 10.0 Å². The lowest BCUT2D eigenvalue weighted by Crippen LogP contribution is -2.37. The van der Waals surface area contributed by atoms with Crippen LogP contribution in [0.5, 0.6) is 0 Å². The molecule has 0 spiro atoms. The summed E-state index contributed by atoms with van der Waals surface area (Å²) < 4.78 is 26.9. The van der Waals surface area contributed by atoms with E-state index < -0.39 is 42.7 Å². The number of hydrogen-bond acceptors (Lipinski definition) is 7. The molecule has 0 saturated carbocycles. The van der Waals surface area contributed by atoms with Gasteiger partial charge in [-0.3, -0.25) is 25.0 Å². The number of para-hydroxylation sites is 1. The maximum atomic E-state index is 13.2.